The van der Waals surface area contributed by atoms with E-state index < -0.39 is 9.05 Å². The number of hydrogen-bond donors (Lipinski definition) is 0. The smallest absolute Gasteiger partial charge is 0.233 e. The van der Waals surface area contributed by atoms with Crippen LogP contribution in [0.5, 0.6) is 5.75 Å². The van der Waals surface area contributed by atoms with Crippen LogP contribution in [-0.2, 0) is 9.05 Å². The Balaban J connectivity index is 2.68. The molecule has 1 rings (SSSR count). The SMILES string of the molecule is Cc1ccc(OCC(CS(=O)(=O)Cl)C(C)C)cc1C. The van der Waals surface area contributed by atoms with Gasteiger partial charge in [0.2, 0.25) is 9.05 Å². The van der Waals surface area contributed by atoms with Gasteiger partial charge in [0.25, 0.3) is 0 Å². The van der Waals surface area contributed by atoms with E-state index in [4.69, 9.17) is 15.4 Å². The summed E-state index contributed by atoms with van der Waals surface area (Å²) in [5, 5.41) is 0. The van der Waals surface area contributed by atoms with E-state index in [1.807, 2.05) is 45.9 Å². The third-order valence-electron chi connectivity index (χ3n) is 3.30. The highest BCUT2D eigenvalue weighted by Gasteiger charge is 2.21. The van der Waals surface area contributed by atoms with Crippen LogP contribution in [0.2, 0.25) is 0 Å². The zero-order chi connectivity index (χ0) is 14.6. The van der Waals surface area contributed by atoms with Crippen molar-refractivity contribution in [3.8, 4) is 5.75 Å². The summed E-state index contributed by atoms with van der Waals surface area (Å²) in [6.07, 6.45) is 0. The van der Waals surface area contributed by atoms with Gasteiger partial charge in [-0.1, -0.05) is 19.9 Å². The third-order valence-corrected chi connectivity index (χ3v) is 4.50. The molecule has 0 N–H and O–H groups in total. The lowest BCUT2D eigenvalue weighted by atomic mass is 9.99. The van der Waals surface area contributed by atoms with Crippen LogP contribution < -0.4 is 4.74 Å². The first-order chi connectivity index (χ1) is 8.69. The van der Waals surface area contributed by atoms with Crippen molar-refractivity contribution in [2.75, 3.05) is 12.4 Å². The van der Waals surface area contributed by atoms with Gasteiger partial charge in [-0.05, 0) is 43.0 Å². The minimum absolute atomic E-state index is 0.0585. The van der Waals surface area contributed by atoms with Crippen LogP contribution in [0, 0.1) is 25.7 Å². The average Bonchev–Trinajstić information content (AvgIpc) is 2.27. The van der Waals surface area contributed by atoms with Gasteiger partial charge in [-0.15, -0.1) is 0 Å². The van der Waals surface area contributed by atoms with E-state index in [-0.39, 0.29) is 17.6 Å². The summed E-state index contributed by atoms with van der Waals surface area (Å²) in [7, 11) is 1.82. The van der Waals surface area contributed by atoms with Gasteiger partial charge in [0.1, 0.15) is 5.75 Å². The first-order valence-electron chi connectivity index (χ1n) is 6.31. The second-order valence-electron chi connectivity index (χ2n) is 5.27. The van der Waals surface area contributed by atoms with E-state index in [0.29, 0.717) is 6.61 Å². The van der Waals surface area contributed by atoms with Crippen LogP contribution >= 0.6 is 10.7 Å². The second kappa shape index (κ2) is 6.62. The Labute approximate surface area is 120 Å². The molecule has 3 nitrogen and oxygen atoms in total. The molecule has 0 aliphatic heterocycles. The first-order valence-corrected chi connectivity index (χ1v) is 8.79. The van der Waals surface area contributed by atoms with Crippen molar-refractivity contribution in [3.63, 3.8) is 0 Å². The number of rotatable bonds is 6. The topological polar surface area (TPSA) is 43.4 Å². The zero-order valence-corrected chi connectivity index (χ0v) is 13.4. The maximum atomic E-state index is 11.2. The molecule has 0 heterocycles. The summed E-state index contributed by atoms with van der Waals surface area (Å²) >= 11 is 0. The molecule has 0 radical (unpaired) electrons. The lowest BCUT2D eigenvalue weighted by Crippen LogP contribution is -2.24. The molecule has 0 amide bonds. The number of aryl methyl sites for hydroxylation is 2. The molecule has 1 aromatic carbocycles. The average molecular weight is 305 g/mol. The fourth-order valence-corrected chi connectivity index (χ4v) is 3.17. The Bertz CT molecular complexity index is 523. The summed E-state index contributed by atoms with van der Waals surface area (Å²) in [4.78, 5) is 0. The van der Waals surface area contributed by atoms with Gasteiger partial charge < -0.3 is 4.74 Å². The summed E-state index contributed by atoms with van der Waals surface area (Å²) in [5.41, 5.74) is 2.36. The van der Waals surface area contributed by atoms with Crippen LogP contribution in [0.25, 0.3) is 0 Å². The lowest BCUT2D eigenvalue weighted by molar-refractivity contribution is 0.225. The highest BCUT2D eigenvalue weighted by Crippen LogP contribution is 2.20. The molecule has 0 saturated carbocycles. The zero-order valence-electron chi connectivity index (χ0n) is 11.8. The molecule has 1 atom stereocenters. The summed E-state index contributed by atoms with van der Waals surface area (Å²) in [5.74, 6) is 0.793. The number of ether oxygens (including phenoxy) is 1. The second-order valence-corrected chi connectivity index (χ2v) is 8.09. The molecular weight excluding hydrogens is 284 g/mol. The maximum absolute atomic E-state index is 11.2. The van der Waals surface area contributed by atoms with E-state index >= 15 is 0 Å². The molecule has 19 heavy (non-hydrogen) atoms. The molecular formula is C14H21ClO3S. The maximum Gasteiger partial charge on any atom is 0.233 e. The van der Waals surface area contributed by atoms with Crippen molar-refractivity contribution >= 4 is 19.7 Å². The fourth-order valence-electron chi connectivity index (χ4n) is 1.70. The predicted molar refractivity (Wildman–Crippen MR) is 79.4 cm³/mol. The molecule has 0 saturated heterocycles. The lowest BCUT2D eigenvalue weighted by Gasteiger charge is -2.20. The van der Waals surface area contributed by atoms with Crippen molar-refractivity contribution in [2.24, 2.45) is 11.8 Å². The van der Waals surface area contributed by atoms with E-state index in [2.05, 4.69) is 0 Å². The van der Waals surface area contributed by atoms with Crippen LogP contribution in [-0.4, -0.2) is 20.8 Å². The first kappa shape index (κ1) is 16.3. The predicted octanol–water partition coefficient (Wildman–Crippen LogP) is 3.52. The minimum atomic E-state index is -3.50. The molecule has 1 unspecified atom stereocenters. The fraction of sp³-hybridized carbons (Fsp3) is 0.571. The third kappa shape index (κ3) is 5.83. The normalized spacial score (nSPS) is 13.6. The number of benzene rings is 1. The van der Waals surface area contributed by atoms with Gasteiger partial charge in [-0.25, -0.2) is 8.42 Å². The minimum Gasteiger partial charge on any atom is -0.493 e. The van der Waals surface area contributed by atoms with Crippen molar-refractivity contribution in [1.29, 1.82) is 0 Å². The Morgan fingerprint density at radius 1 is 1.21 bits per heavy atom. The van der Waals surface area contributed by atoms with Crippen LogP contribution in [0.4, 0.5) is 0 Å². The van der Waals surface area contributed by atoms with E-state index in [1.165, 1.54) is 5.56 Å². The summed E-state index contributed by atoms with van der Waals surface area (Å²) in [6, 6.07) is 5.85. The van der Waals surface area contributed by atoms with Crippen molar-refractivity contribution in [1.82, 2.24) is 0 Å². The monoisotopic (exact) mass is 304 g/mol. The van der Waals surface area contributed by atoms with Gasteiger partial charge in [-0.3, -0.25) is 0 Å². The molecule has 108 valence electrons. The Morgan fingerprint density at radius 3 is 2.32 bits per heavy atom. The van der Waals surface area contributed by atoms with E-state index in [0.717, 1.165) is 11.3 Å². The Morgan fingerprint density at radius 2 is 1.84 bits per heavy atom. The largest absolute Gasteiger partial charge is 0.493 e. The van der Waals surface area contributed by atoms with Crippen LogP contribution in [0.15, 0.2) is 18.2 Å². The highest BCUT2D eigenvalue weighted by molar-refractivity contribution is 8.13. The Hall–Kier alpha value is -0.740. The quantitative estimate of drug-likeness (QED) is 0.755. The van der Waals surface area contributed by atoms with Gasteiger partial charge in [0.05, 0.1) is 12.4 Å². The number of hydrogen-bond acceptors (Lipinski definition) is 3. The summed E-state index contributed by atoms with van der Waals surface area (Å²) in [6.45, 7) is 8.35. The van der Waals surface area contributed by atoms with Crippen LogP contribution in [0.1, 0.15) is 25.0 Å². The molecule has 0 bridgehead atoms. The molecule has 0 fully saturated rings. The molecule has 1 aromatic rings. The van der Waals surface area contributed by atoms with Crippen molar-refractivity contribution in [3.05, 3.63) is 29.3 Å². The van der Waals surface area contributed by atoms with Gasteiger partial charge >= 0.3 is 0 Å². The molecule has 0 aromatic heterocycles. The van der Waals surface area contributed by atoms with Crippen molar-refractivity contribution in [2.45, 2.75) is 27.7 Å². The van der Waals surface area contributed by atoms with E-state index in [9.17, 15) is 8.42 Å². The standard InChI is InChI=1S/C14H21ClO3S/c1-10(2)13(9-19(15,16)17)8-18-14-6-5-11(3)12(4)7-14/h5-7,10,13H,8-9H2,1-4H3. The Kier molecular flexibility index (Phi) is 5.68. The molecule has 0 aliphatic rings. The van der Waals surface area contributed by atoms with Gasteiger partial charge in [0, 0.05) is 16.6 Å². The molecule has 0 aliphatic carbocycles. The van der Waals surface area contributed by atoms with Gasteiger partial charge in [0.15, 0.2) is 0 Å². The molecule has 0 spiro atoms. The highest BCUT2D eigenvalue weighted by atomic mass is 35.7. The summed E-state index contributed by atoms with van der Waals surface area (Å²) < 4.78 is 28.0. The van der Waals surface area contributed by atoms with Gasteiger partial charge in [-0.2, -0.15) is 0 Å². The van der Waals surface area contributed by atoms with Crippen LogP contribution in [0.3, 0.4) is 0 Å². The molecule has 5 heteroatoms. The van der Waals surface area contributed by atoms with Crippen molar-refractivity contribution < 1.29 is 13.2 Å². The van der Waals surface area contributed by atoms with E-state index in [1.54, 1.807) is 0 Å². The number of halogens is 1.